The summed E-state index contributed by atoms with van der Waals surface area (Å²) in [6.45, 7) is 0. The smallest absolute Gasteiger partial charge is 0.269 e. The number of ether oxygens (including phenoxy) is 1. The van der Waals surface area contributed by atoms with Gasteiger partial charge >= 0.3 is 0 Å². The van der Waals surface area contributed by atoms with Crippen LogP contribution in [0.3, 0.4) is 0 Å². The number of rotatable bonds is 4. The molecule has 1 unspecified atom stereocenters. The van der Waals surface area contributed by atoms with Gasteiger partial charge in [-0.2, -0.15) is 5.10 Å². The highest BCUT2D eigenvalue weighted by Crippen LogP contribution is 2.25. The fraction of sp³-hybridized carbons (Fsp3) is 0.312. The van der Waals surface area contributed by atoms with Gasteiger partial charge in [-0.15, -0.1) is 0 Å². The molecule has 0 fully saturated rings. The van der Waals surface area contributed by atoms with Crippen molar-refractivity contribution in [2.45, 2.75) is 25.3 Å². The molecule has 2 amide bonds. The molecule has 1 aliphatic carbocycles. The summed E-state index contributed by atoms with van der Waals surface area (Å²) in [4.78, 5) is 23.2. The van der Waals surface area contributed by atoms with Crippen molar-refractivity contribution >= 4 is 11.8 Å². The van der Waals surface area contributed by atoms with Crippen molar-refractivity contribution in [2.24, 2.45) is 5.73 Å². The van der Waals surface area contributed by atoms with E-state index >= 15 is 0 Å². The van der Waals surface area contributed by atoms with Gasteiger partial charge in [-0.3, -0.25) is 14.7 Å². The number of hydrogen-bond acceptors (Lipinski definition) is 4. The number of primary amides is 1. The molecule has 120 valence electrons. The van der Waals surface area contributed by atoms with Gasteiger partial charge in [0.15, 0.2) is 5.69 Å². The number of amides is 2. The number of benzene rings is 1. The summed E-state index contributed by atoms with van der Waals surface area (Å²) < 4.78 is 5.23. The number of carbonyl (C=O) groups excluding carboxylic acids is 2. The van der Waals surface area contributed by atoms with E-state index in [1.54, 1.807) is 7.11 Å². The van der Waals surface area contributed by atoms with Gasteiger partial charge in [-0.05, 0) is 42.5 Å². The Hall–Kier alpha value is -2.83. The molecule has 0 bridgehead atoms. The minimum atomic E-state index is -0.666. The Kier molecular flexibility index (Phi) is 4.01. The third-order valence-corrected chi connectivity index (χ3v) is 4.05. The summed E-state index contributed by atoms with van der Waals surface area (Å²) in [5, 5.41) is 9.21. The van der Waals surface area contributed by atoms with Gasteiger partial charge in [0.25, 0.3) is 11.8 Å². The molecule has 0 aliphatic heterocycles. The summed E-state index contributed by atoms with van der Waals surface area (Å²) in [5.74, 6) is -0.101. The van der Waals surface area contributed by atoms with Crippen molar-refractivity contribution in [3.8, 4) is 5.75 Å². The number of aryl methyl sites for hydroxylation is 1. The number of H-pyrrole nitrogens is 1. The van der Waals surface area contributed by atoms with Crippen LogP contribution in [-0.4, -0.2) is 35.2 Å². The first-order valence-corrected chi connectivity index (χ1v) is 7.38. The maximum Gasteiger partial charge on any atom is 0.269 e. The molecule has 7 heteroatoms. The van der Waals surface area contributed by atoms with Crippen LogP contribution in [0, 0.1) is 0 Å². The zero-order valence-corrected chi connectivity index (χ0v) is 12.8. The average molecular weight is 314 g/mol. The van der Waals surface area contributed by atoms with Crippen molar-refractivity contribution in [1.29, 1.82) is 0 Å². The van der Waals surface area contributed by atoms with Crippen LogP contribution in [0.25, 0.3) is 0 Å². The Balaban J connectivity index is 1.66. The first-order valence-electron chi connectivity index (χ1n) is 7.38. The van der Waals surface area contributed by atoms with E-state index in [0.717, 1.165) is 25.0 Å². The van der Waals surface area contributed by atoms with Crippen LogP contribution < -0.4 is 15.8 Å². The summed E-state index contributed by atoms with van der Waals surface area (Å²) in [6.07, 6.45) is 2.50. The minimum Gasteiger partial charge on any atom is -0.497 e. The standard InChI is InChI=1S/C16H18N4O3/c1-23-12-5-3-9-6-11(4-2-10(9)7-12)18-16(22)14-8-13(15(17)21)19-20-14/h3,5,7-8,11H,2,4,6H2,1H3,(H2,17,21)(H,18,22)(H,19,20). The molecule has 7 nitrogen and oxygen atoms in total. The third-order valence-electron chi connectivity index (χ3n) is 4.05. The first kappa shape index (κ1) is 15.1. The molecule has 1 aromatic heterocycles. The molecule has 23 heavy (non-hydrogen) atoms. The number of nitrogens with zero attached hydrogens (tertiary/aromatic N) is 1. The Bertz CT molecular complexity index is 754. The number of carbonyl (C=O) groups is 2. The highest BCUT2D eigenvalue weighted by molar-refractivity contribution is 5.97. The maximum atomic E-state index is 12.2. The van der Waals surface area contributed by atoms with E-state index in [0.29, 0.717) is 0 Å². The van der Waals surface area contributed by atoms with Gasteiger partial charge in [0, 0.05) is 12.1 Å². The van der Waals surface area contributed by atoms with Crippen LogP contribution in [0.2, 0.25) is 0 Å². The molecule has 0 radical (unpaired) electrons. The van der Waals surface area contributed by atoms with Gasteiger partial charge in [0.2, 0.25) is 0 Å². The van der Waals surface area contributed by atoms with Crippen LogP contribution in [0.5, 0.6) is 5.75 Å². The van der Waals surface area contributed by atoms with Crippen LogP contribution >= 0.6 is 0 Å². The van der Waals surface area contributed by atoms with E-state index in [1.807, 2.05) is 18.2 Å². The predicted octanol–water partition coefficient (Wildman–Crippen LogP) is 0.804. The topological polar surface area (TPSA) is 110 Å². The number of methoxy groups -OCH3 is 1. The molecule has 3 rings (SSSR count). The van der Waals surface area contributed by atoms with E-state index in [1.165, 1.54) is 17.2 Å². The van der Waals surface area contributed by atoms with Crippen molar-refractivity contribution in [2.75, 3.05) is 7.11 Å². The molecular formula is C16H18N4O3. The lowest BCUT2D eigenvalue weighted by molar-refractivity contribution is 0.0928. The summed E-state index contributed by atoms with van der Waals surface area (Å²) in [6, 6.07) is 7.41. The average Bonchev–Trinajstić information content (AvgIpc) is 3.04. The van der Waals surface area contributed by atoms with E-state index < -0.39 is 5.91 Å². The molecule has 1 aromatic carbocycles. The van der Waals surface area contributed by atoms with Gasteiger partial charge in [0.1, 0.15) is 11.4 Å². The fourth-order valence-electron chi connectivity index (χ4n) is 2.81. The Labute approximate surface area is 133 Å². The van der Waals surface area contributed by atoms with Gasteiger partial charge < -0.3 is 15.8 Å². The lowest BCUT2D eigenvalue weighted by Crippen LogP contribution is -2.39. The van der Waals surface area contributed by atoms with E-state index in [2.05, 4.69) is 15.5 Å². The third kappa shape index (κ3) is 3.18. The number of nitrogens with one attached hydrogen (secondary N) is 2. The Morgan fingerprint density at radius 1 is 1.35 bits per heavy atom. The monoisotopic (exact) mass is 314 g/mol. The van der Waals surface area contributed by atoms with Crippen molar-refractivity contribution in [3.63, 3.8) is 0 Å². The Morgan fingerprint density at radius 2 is 2.17 bits per heavy atom. The second-order valence-electron chi connectivity index (χ2n) is 5.58. The Morgan fingerprint density at radius 3 is 2.87 bits per heavy atom. The van der Waals surface area contributed by atoms with Crippen molar-refractivity contribution in [1.82, 2.24) is 15.5 Å². The van der Waals surface area contributed by atoms with E-state index in [9.17, 15) is 9.59 Å². The highest BCUT2D eigenvalue weighted by Gasteiger charge is 2.22. The van der Waals surface area contributed by atoms with Gasteiger partial charge in [-0.25, -0.2) is 0 Å². The largest absolute Gasteiger partial charge is 0.497 e. The molecule has 4 N–H and O–H groups in total. The maximum absolute atomic E-state index is 12.2. The SMILES string of the molecule is COc1ccc2c(c1)CCC(NC(=O)c1cc(C(N)=O)n[nH]1)C2. The molecule has 1 heterocycles. The number of hydrogen-bond donors (Lipinski definition) is 3. The molecule has 2 aromatic rings. The number of fused-ring (bicyclic) bond motifs is 1. The predicted molar refractivity (Wildman–Crippen MR) is 83.4 cm³/mol. The van der Waals surface area contributed by atoms with E-state index in [4.69, 9.17) is 10.5 Å². The van der Waals surface area contributed by atoms with Crippen LogP contribution in [-0.2, 0) is 12.8 Å². The van der Waals surface area contributed by atoms with Crippen molar-refractivity contribution < 1.29 is 14.3 Å². The fourth-order valence-corrected chi connectivity index (χ4v) is 2.81. The van der Waals surface area contributed by atoms with Gasteiger partial charge in [0.05, 0.1) is 7.11 Å². The molecule has 1 atom stereocenters. The van der Waals surface area contributed by atoms with Gasteiger partial charge in [-0.1, -0.05) is 6.07 Å². The summed E-state index contributed by atoms with van der Waals surface area (Å²) in [5.41, 5.74) is 7.88. The number of aromatic amines is 1. The quantitative estimate of drug-likeness (QED) is 0.775. The zero-order chi connectivity index (χ0) is 16.4. The lowest BCUT2D eigenvalue weighted by atomic mass is 9.88. The van der Waals surface area contributed by atoms with Crippen LogP contribution in [0.1, 0.15) is 38.5 Å². The second kappa shape index (κ2) is 6.12. The summed E-state index contributed by atoms with van der Waals surface area (Å²) in [7, 11) is 1.65. The second-order valence-corrected chi connectivity index (χ2v) is 5.58. The lowest BCUT2D eigenvalue weighted by Gasteiger charge is -2.25. The minimum absolute atomic E-state index is 0.0451. The number of aromatic nitrogens is 2. The highest BCUT2D eigenvalue weighted by atomic mass is 16.5. The van der Waals surface area contributed by atoms with Crippen LogP contribution in [0.15, 0.2) is 24.3 Å². The number of nitrogens with two attached hydrogens (primary N) is 1. The van der Waals surface area contributed by atoms with Crippen LogP contribution in [0.4, 0.5) is 0 Å². The van der Waals surface area contributed by atoms with Crippen molar-refractivity contribution in [3.05, 3.63) is 46.8 Å². The molecule has 0 saturated carbocycles. The molecular weight excluding hydrogens is 296 g/mol. The zero-order valence-electron chi connectivity index (χ0n) is 12.8. The summed E-state index contributed by atoms with van der Waals surface area (Å²) >= 11 is 0. The molecule has 1 aliphatic rings. The molecule has 0 spiro atoms. The normalized spacial score (nSPS) is 16.5. The first-order chi connectivity index (χ1) is 11.1. The van der Waals surface area contributed by atoms with E-state index in [-0.39, 0.29) is 23.3 Å². The molecule has 0 saturated heterocycles.